The zero-order valence-electron chi connectivity index (χ0n) is 15.2. The first kappa shape index (κ1) is 21.8. The van der Waals surface area contributed by atoms with Gasteiger partial charge in [0.15, 0.2) is 5.96 Å². The molecule has 11 heteroatoms. The summed E-state index contributed by atoms with van der Waals surface area (Å²) in [5, 5.41) is 2.86. The SMILES string of the molecule is CN=C(NCC(=O)N(C)CC(F)(F)F)N1CCN(Cc2ccc(Cl)s2)CC1. The topological polar surface area (TPSA) is 51.2 Å². The van der Waals surface area contributed by atoms with Gasteiger partial charge < -0.3 is 15.1 Å². The highest BCUT2D eigenvalue weighted by Crippen LogP contribution is 2.23. The van der Waals surface area contributed by atoms with E-state index in [1.54, 1.807) is 18.4 Å². The van der Waals surface area contributed by atoms with Crippen molar-refractivity contribution in [2.24, 2.45) is 4.99 Å². The van der Waals surface area contributed by atoms with E-state index in [1.807, 2.05) is 17.0 Å². The standard InChI is InChI=1S/C16H23ClF3N5OS/c1-21-15(22-9-14(26)23(2)11-16(18,19)20)25-7-5-24(6-8-25)10-12-3-4-13(17)27-12/h3-4H,5-11H2,1-2H3,(H,21,22). The predicted octanol–water partition coefficient (Wildman–Crippen LogP) is 2.12. The number of hydrogen-bond donors (Lipinski definition) is 1. The molecule has 0 spiro atoms. The Kier molecular flexibility index (Phi) is 7.75. The molecule has 1 fully saturated rings. The Balaban J connectivity index is 1.77. The minimum absolute atomic E-state index is 0.229. The van der Waals surface area contributed by atoms with Crippen LogP contribution in [-0.4, -0.2) is 86.1 Å². The van der Waals surface area contributed by atoms with E-state index in [0.29, 0.717) is 23.9 Å². The Hall–Kier alpha value is -1.52. The molecule has 0 unspecified atom stereocenters. The third kappa shape index (κ3) is 7.19. The van der Waals surface area contributed by atoms with E-state index in [2.05, 4.69) is 15.2 Å². The van der Waals surface area contributed by atoms with Crippen LogP contribution < -0.4 is 5.32 Å². The van der Waals surface area contributed by atoms with E-state index in [0.717, 1.165) is 31.0 Å². The van der Waals surface area contributed by atoms with Crippen molar-refractivity contribution in [3.63, 3.8) is 0 Å². The van der Waals surface area contributed by atoms with Crippen molar-refractivity contribution in [1.82, 2.24) is 20.0 Å². The summed E-state index contributed by atoms with van der Waals surface area (Å²) in [7, 11) is 2.72. The van der Waals surface area contributed by atoms with Gasteiger partial charge in [0, 0.05) is 51.7 Å². The highest BCUT2D eigenvalue weighted by molar-refractivity contribution is 7.16. The molecule has 0 bridgehead atoms. The van der Waals surface area contributed by atoms with Crippen LogP contribution >= 0.6 is 22.9 Å². The Bertz CT molecular complexity index is 659. The summed E-state index contributed by atoms with van der Waals surface area (Å²) >= 11 is 7.52. The van der Waals surface area contributed by atoms with Gasteiger partial charge in [0.05, 0.1) is 10.9 Å². The molecule has 1 amide bonds. The molecule has 1 aromatic rings. The number of nitrogens with zero attached hydrogens (tertiary/aromatic N) is 4. The number of alkyl halides is 3. The molecule has 1 saturated heterocycles. The van der Waals surface area contributed by atoms with E-state index < -0.39 is 18.6 Å². The summed E-state index contributed by atoms with van der Waals surface area (Å²) < 4.78 is 37.8. The zero-order valence-corrected chi connectivity index (χ0v) is 16.8. The molecule has 27 heavy (non-hydrogen) atoms. The monoisotopic (exact) mass is 425 g/mol. The Labute approximate surface area is 165 Å². The molecule has 1 N–H and O–H groups in total. The van der Waals surface area contributed by atoms with Crippen LogP contribution in [0.3, 0.4) is 0 Å². The molecule has 0 atom stereocenters. The number of hydrogen-bond acceptors (Lipinski definition) is 4. The molecular weight excluding hydrogens is 403 g/mol. The number of rotatable bonds is 5. The quantitative estimate of drug-likeness (QED) is 0.580. The molecule has 152 valence electrons. The minimum atomic E-state index is -4.41. The predicted molar refractivity (Wildman–Crippen MR) is 101 cm³/mol. The largest absolute Gasteiger partial charge is 0.406 e. The number of carbonyl (C=O) groups is 1. The zero-order chi connectivity index (χ0) is 20.0. The van der Waals surface area contributed by atoms with Crippen LogP contribution in [0.4, 0.5) is 13.2 Å². The highest BCUT2D eigenvalue weighted by atomic mass is 35.5. The van der Waals surface area contributed by atoms with Gasteiger partial charge in [-0.25, -0.2) is 0 Å². The summed E-state index contributed by atoms with van der Waals surface area (Å²) in [5.74, 6) is -0.121. The van der Waals surface area contributed by atoms with Crippen LogP contribution in [0.1, 0.15) is 4.88 Å². The smallest absolute Gasteiger partial charge is 0.347 e. The fourth-order valence-corrected chi connectivity index (χ4v) is 3.88. The van der Waals surface area contributed by atoms with Crippen LogP contribution in [0, 0.1) is 0 Å². The third-order valence-corrected chi connectivity index (χ3v) is 5.35. The number of halogens is 4. The Morgan fingerprint density at radius 3 is 2.52 bits per heavy atom. The average Bonchev–Trinajstić information content (AvgIpc) is 3.00. The number of likely N-dealkylation sites (N-methyl/N-ethyl adjacent to an activating group) is 1. The van der Waals surface area contributed by atoms with Crippen LogP contribution in [0.25, 0.3) is 0 Å². The Morgan fingerprint density at radius 1 is 1.33 bits per heavy atom. The second-order valence-corrected chi connectivity index (χ2v) is 8.03. The summed E-state index contributed by atoms with van der Waals surface area (Å²) in [6, 6.07) is 3.90. The lowest BCUT2D eigenvalue weighted by Crippen LogP contribution is -2.53. The number of guanidine groups is 1. The molecule has 2 heterocycles. The average molecular weight is 426 g/mol. The van der Waals surface area contributed by atoms with Crippen molar-refractivity contribution in [2.45, 2.75) is 12.7 Å². The second kappa shape index (κ2) is 9.61. The summed E-state index contributed by atoms with van der Waals surface area (Å²) in [5.41, 5.74) is 0. The lowest BCUT2D eigenvalue weighted by atomic mass is 10.3. The van der Waals surface area contributed by atoms with Crippen molar-refractivity contribution in [2.75, 3.05) is 53.4 Å². The molecule has 2 rings (SSSR count). The van der Waals surface area contributed by atoms with E-state index in [9.17, 15) is 18.0 Å². The van der Waals surface area contributed by atoms with Crippen LogP contribution in [0.15, 0.2) is 17.1 Å². The Morgan fingerprint density at radius 2 is 2.00 bits per heavy atom. The van der Waals surface area contributed by atoms with Gasteiger partial charge in [-0.3, -0.25) is 14.7 Å². The van der Waals surface area contributed by atoms with Crippen molar-refractivity contribution in [3.8, 4) is 0 Å². The molecule has 1 aliphatic rings. The molecule has 1 aromatic heterocycles. The summed E-state index contributed by atoms with van der Waals surface area (Å²) in [6.45, 7) is 2.40. The fraction of sp³-hybridized carbons (Fsp3) is 0.625. The second-order valence-electron chi connectivity index (χ2n) is 6.23. The van der Waals surface area contributed by atoms with Gasteiger partial charge in [0.25, 0.3) is 0 Å². The molecule has 6 nitrogen and oxygen atoms in total. The van der Waals surface area contributed by atoms with Gasteiger partial charge in [-0.15, -0.1) is 11.3 Å². The van der Waals surface area contributed by atoms with Crippen molar-refractivity contribution in [1.29, 1.82) is 0 Å². The van der Waals surface area contributed by atoms with Crippen LogP contribution in [0.5, 0.6) is 0 Å². The van der Waals surface area contributed by atoms with Crippen molar-refractivity contribution in [3.05, 3.63) is 21.3 Å². The van der Waals surface area contributed by atoms with Crippen LogP contribution in [0.2, 0.25) is 4.34 Å². The normalized spacial score (nSPS) is 16.5. The van der Waals surface area contributed by atoms with E-state index in [4.69, 9.17) is 11.6 Å². The number of aliphatic imine (C=N–C) groups is 1. The first-order chi connectivity index (χ1) is 12.7. The van der Waals surface area contributed by atoms with Crippen molar-refractivity contribution >= 4 is 34.8 Å². The van der Waals surface area contributed by atoms with Gasteiger partial charge in [0.1, 0.15) is 6.54 Å². The van der Waals surface area contributed by atoms with Gasteiger partial charge in [0.2, 0.25) is 5.91 Å². The maximum absolute atomic E-state index is 12.4. The van der Waals surface area contributed by atoms with E-state index >= 15 is 0 Å². The number of thiophene rings is 1. The molecule has 0 aromatic carbocycles. The van der Waals surface area contributed by atoms with Gasteiger partial charge in [-0.2, -0.15) is 13.2 Å². The molecular formula is C16H23ClF3N5OS. The van der Waals surface area contributed by atoms with Gasteiger partial charge in [-0.05, 0) is 12.1 Å². The number of carbonyl (C=O) groups excluding carboxylic acids is 1. The maximum Gasteiger partial charge on any atom is 0.406 e. The molecule has 0 saturated carbocycles. The number of nitrogens with one attached hydrogen (secondary N) is 1. The fourth-order valence-electron chi connectivity index (χ4n) is 2.75. The maximum atomic E-state index is 12.4. The summed E-state index contributed by atoms with van der Waals surface area (Å²) in [6.07, 6.45) is -4.41. The first-order valence-electron chi connectivity index (χ1n) is 8.41. The summed E-state index contributed by atoms with van der Waals surface area (Å²) in [4.78, 5) is 22.1. The molecule has 0 aliphatic carbocycles. The van der Waals surface area contributed by atoms with E-state index in [1.165, 1.54) is 4.88 Å². The lowest BCUT2D eigenvalue weighted by molar-refractivity contribution is -0.157. The van der Waals surface area contributed by atoms with Crippen molar-refractivity contribution < 1.29 is 18.0 Å². The van der Waals surface area contributed by atoms with E-state index in [-0.39, 0.29) is 6.54 Å². The minimum Gasteiger partial charge on any atom is -0.347 e. The number of piperazine rings is 1. The van der Waals surface area contributed by atoms with Gasteiger partial charge >= 0.3 is 6.18 Å². The molecule has 1 aliphatic heterocycles. The first-order valence-corrected chi connectivity index (χ1v) is 9.60. The highest BCUT2D eigenvalue weighted by Gasteiger charge is 2.31. The van der Waals surface area contributed by atoms with Crippen LogP contribution in [-0.2, 0) is 11.3 Å². The van der Waals surface area contributed by atoms with Gasteiger partial charge in [-0.1, -0.05) is 11.6 Å². The molecule has 0 radical (unpaired) electrons. The lowest BCUT2D eigenvalue weighted by Gasteiger charge is -2.36. The number of amides is 1. The third-order valence-electron chi connectivity index (χ3n) is 4.13.